The van der Waals surface area contributed by atoms with Gasteiger partial charge in [0.2, 0.25) is 0 Å². The van der Waals surface area contributed by atoms with Crippen LogP contribution >= 0.6 is 0 Å². The zero-order valence-corrected chi connectivity index (χ0v) is 8.81. The molecule has 0 rings (SSSR count). The summed E-state index contributed by atoms with van der Waals surface area (Å²) in [5.74, 6) is 5.42. The molecule has 0 aromatic carbocycles. The van der Waals surface area contributed by atoms with E-state index in [2.05, 4.69) is 12.0 Å². The van der Waals surface area contributed by atoms with Crippen LogP contribution in [0.2, 0.25) is 0 Å². The molecule has 0 heterocycles. The van der Waals surface area contributed by atoms with Crippen LogP contribution in [0, 0.1) is 0 Å². The van der Waals surface area contributed by atoms with Crippen LogP contribution in [0.1, 0.15) is 32.6 Å². The fourth-order valence-electron chi connectivity index (χ4n) is 1.21. The molecule has 3 N–H and O–H groups in total. The van der Waals surface area contributed by atoms with E-state index in [0.29, 0.717) is 6.04 Å². The predicted octanol–water partition coefficient (Wildman–Crippen LogP) is 1.60. The molecule has 78 valence electrons. The van der Waals surface area contributed by atoms with Gasteiger partial charge in [0.1, 0.15) is 0 Å². The van der Waals surface area contributed by atoms with E-state index in [1.54, 1.807) is 7.11 Å². The molecular formula is C10H22N2O. The normalized spacial score (nSPS) is 12.8. The van der Waals surface area contributed by atoms with Gasteiger partial charge in [0.05, 0.1) is 0 Å². The van der Waals surface area contributed by atoms with E-state index < -0.39 is 0 Å². The molecule has 0 aliphatic heterocycles. The second-order valence-corrected chi connectivity index (χ2v) is 3.49. The van der Waals surface area contributed by atoms with Crippen LogP contribution < -0.4 is 11.3 Å². The Bertz CT molecular complexity index is 137. The third kappa shape index (κ3) is 7.96. The molecule has 0 saturated carbocycles. The molecular weight excluding hydrogens is 164 g/mol. The van der Waals surface area contributed by atoms with Crippen molar-refractivity contribution in [2.45, 2.75) is 38.6 Å². The van der Waals surface area contributed by atoms with Gasteiger partial charge in [-0.25, -0.2) is 0 Å². The number of rotatable bonds is 8. The number of allylic oxidation sites excluding steroid dienone is 1. The quantitative estimate of drug-likeness (QED) is 0.262. The van der Waals surface area contributed by atoms with Gasteiger partial charge in [-0.2, -0.15) is 0 Å². The molecule has 0 bridgehead atoms. The highest BCUT2D eigenvalue weighted by Crippen LogP contribution is 2.08. The minimum atomic E-state index is 0.395. The summed E-state index contributed by atoms with van der Waals surface area (Å²) in [6.45, 7) is 6.72. The first-order valence-electron chi connectivity index (χ1n) is 4.80. The van der Waals surface area contributed by atoms with E-state index in [0.717, 1.165) is 32.3 Å². The Hall–Kier alpha value is -0.380. The lowest BCUT2D eigenvalue weighted by Crippen LogP contribution is -2.35. The van der Waals surface area contributed by atoms with Gasteiger partial charge < -0.3 is 4.74 Å². The molecule has 1 atom stereocenters. The minimum absolute atomic E-state index is 0.395. The Morgan fingerprint density at radius 3 is 2.69 bits per heavy atom. The molecule has 13 heavy (non-hydrogen) atoms. The molecule has 0 fully saturated rings. The van der Waals surface area contributed by atoms with Gasteiger partial charge in [0, 0.05) is 19.8 Å². The maximum absolute atomic E-state index is 5.42. The van der Waals surface area contributed by atoms with Crippen molar-refractivity contribution in [3.63, 3.8) is 0 Å². The van der Waals surface area contributed by atoms with Crippen LogP contribution in [0.3, 0.4) is 0 Å². The van der Waals surface area contributed by atoms with Crippen LogP contribution in [0.25, 0.3) is 0 Å². The lowest BCUT2D eigenvalue weighted by molar-refractivity contribution is 0.188. The summed E-state index contributed by atoms with van der Waals surface area (Å²) < 4.78 is 4.98. The van der Waals surface area contributed by atoms with Crippen molar-refractivity contribution in [2.75, 3.05) is 13.7 Å². The van der Waals surface area contributed by atoms with Gasteiger partial charge in [-0.15, -0.1) is 6.58 Å². The van der Waals surface area contributed by atoms with E-state index >= 15 is 0 Å². The average molecular weight is 186 g/mol. The van der Waals surface area contributed by atoms with E-state index in [9.17, 15) is 0 Å². The number of ether oxygens (including phenoxy) is 1. The monoisotopic (exact) mass is 186 g/mol. The Kier molecular flexibility index (Phi) is 7.99. The van der Waals surface area contributed by atoms with Crippen molar-refractivity contribution in [3.05, 3.63) is 12.2 Å². The van der Waals surface area contributed by atoms with Gasteiger partial charge in [0.25, 0.3) is 0 Å². The van der Waals surface area contributed by atoms with Crippen LogP contribution in [0.4, 0.5) is 0 Å². The van der Waals surface area contributed by atoms with Gasteiger partial charge in [-0.1, -0.05) is 5.57 Å². The van der Waals surface area contributed by atoms with Crippen molar-refractivity contribution in [1.29, 1.82) is 0 Å². The largest absolute Gasteiger partial charge is 0.385 e. The van der Waals surface area contributed by atoms with Crippen LogP contribution in [-0.4, -0.2) is 19.8 Å². The lowest BCUT2D eigenvalue weighted by Gasteiger charge is -2.15. The molecule has 0 spiro atoms. The molecule has 0 amide bonds. The molecule has 0 aliphatic rings. The topological polar surface area (TPSA) is 47.3 Å². The Morgan fingerprint density at radius 1 is 1.54 bits per heavy atom. The van der Waals surface area contributed by atoms with Gasteiger partial charge in [-0.05, 0) is 32.6 Å². The summed E-state index contributed by atoms with van der Waals surface area (Å²) >= 11 is 0. The highest BCUT2D eigenvalue weighted by atomic mass is 16.5. The van der Waals surface area contributed by atoms with Crippen LogP contribution in [0.15, 0.2) is 12.2 Å². The molecule has 3 heteroatoms. The second-order valence-electron chi connectivity index (χ2n) is 3.49. The third-order valence-electron chi connectivity index (χ3n) is 2.06. The smallest absolute Gasteiger partial charge is 0.0462 e. The fourth-order valence-corrected chi connectivity index (χ4v) is 1.21. The number of hydrogen-bond acceptors (Lipinski definition) is 3. The highest BCUT2D eigenvalue weighted by molar-refractivity contribution is 4.88. The van der Waals surface area contributed by atoms with Gasteiger partial charge in [0.15, 0.2) is 0 Å². The van der Waals surface area contributed by atoms with Crippen LogP contribution in [0.5, 0.6) is 0 Å². The fraction of sp³-hybridized carbons (Fsp3) is 0.800. The summed E-state index contributed by atoms with van der Waals surface area (Å²) in [4.78, 5) is 0. The number of methoxy groups -OCH3 is 1. The molecule has 1 unspecified atom stereocenters. The van der Waals surface area contributed by atoms with Crippen molar-refractivity contribution >= 4 is 0 Å². The molecule has 0 saturated heterocycles. The van der Waals surface area contributed by atoms with Crippen molar-refractivity contribution < 1.29 is 4.74 Å². The number of nitrogens with two attached hydrogens (primary N) is 1. The van der Waals surface area contributed by atoms with Crippen molar-refractivity contribution in [3.8, 4) is 0 Å². The third-order valence-corrected chi connectivity index (χ3v) is 2.06. The average Bonchev–Trinajstić information content (AvgIpc) is 2.10. The SMILES string of the molecule is C=C(C)CCC(CCCOC)NN. The van der Waals surface area contributed by atoms with Gasteiger partial charge in [-0.3, -0.25) is 11.3 Å². The molecule has 0 aliphatic carbocycles. The lowest BCUT2D eigenvalue weighted by atomic mass is 10.0. The summed E-state index contributed by atoms with van der Waals surface area (Å²) in [7, 11) is 1.72. The Balaban J connectivity index is 3.45. The maximum atomic E-state index is 5.42. The molecule has 3 nitrogen and oxygen atoms in total. The summed E-state index contributed by atoms with van der Waals surface area (Å²) in [6, 6.07) is 0.395. The van der Waals surface area contributed by atoms with Crippen molar-refractivity contribution in [1.82, 2.24) is 5.43 Å². The first kappa shape index (κ1) is 12.6. The Morgan fingerprint density at radius 2 is 2.23 bits per heavy atom. The van der Waals surface area contributed by atoms with E-state index in [1.165, 1.54) is 5.57 Å². The standard InChI is InChI=1S/C10H22N2O/c1-9(2)6-7-10(12-11)5-4-8-13-3/h10,12H,1,4-8,11H2,2-3H3. The molecule has 0 aromatic heterocycles. The number of hydrogen-bond donors (Lipinski definition) is 2. The number of hydrazine groups is 1. The van der Waals surface area contributed by atoms with Crippen molar-refractivity contribution in [2.24, 2.45) is 5.84 Å². The van der Waals surface area contributed by atoms with E-state index in [4.69, 9.17) is 10.6 Å². The maximum Gasteiger partial charge on any atom is 0.0462 e. The van der Waals surface area contributed by atoms with Gasteiger partial charge >= 0.3 is 0 Å². The predicted molar refractivity (Wildman–Crippen MR) is 56.3 cm³/mol. The molecule has 0 radical (unpaired) electrons. The van der Waals surface area contributed by atoms with E-state index in [1.807, 2.05) is 6.92 Å². The zero-order valence-electron chi connectivity index (χ0n) is 8.81. The summed E-state index contributed by atoms with van der Waals surface area (Å²) in [5, 5.41) is 0. The zero-order chi connectivity index (χ0) is 10.1. The Labute approximate surface area is 81.3 Å². The first-order valence-corrected chi connectivity index (χ1v) is 4.80. The minimum Gasteiger partial charge on any atom is -0.385 e. The van der Waals surface area contributed by atoms with E-state index in [-0.39, 0.29) is 0 Å². The first-order chi connectivity index (χ1) is 6.20. The highest BCUT2D eigenvalue weighted by Gasteiger charge is 2.05. The summed E-state index contributed by atoms with van der Waals surface area (Å²) in [6.07, 6.45) is 4.23. The second kappa shape index (κ2) is 8.23. The molecule has 0 aromatic rings. The number of nitrogens with one attached hydrogen (secondary N) is 1. The summed E-state index contributed by atoms with van der Waals surface area (Å²) in [5.41, 5.74) is 4.03. The van der Waals surface area contributed by atoms with Crippen LogP contribution in [-0.2, 0) is 4.74 Å².